The standard InChI is InChI=1S/C31H50N6O/c1-8-10-26-34-27-24-17-23(11-12-25(24)33-29(32)28(27)35-26)37-15-13-36(14-16-37)19-31(6,7)21-38-20-30(4,5)18-22(3)9-2/h11-12,17,22H,8-10,13-16,18-21H2,1-7H3,(H2,32,33)(H,34,35). The number of fused-ring (bicyclic) bond motifs is 3. The van der Waals surface area contributed by atoms with Gasteiger partial charge in [-0.05, 0) is 42.4 Å². The van der Waals surface area contributed by atoms with E-state index in [1.165, 1.54) is 18.5 Å². The van der Waals surface area contributed by atoms with Crippen LogP contribution >= 0.6 is 0 Å². The molecular weight excluding hydrogens is 472 g/mol. The van der Waals surface area contributed by atoms with Crippen LogP contribution < -0.4 is 10.6 Å². The first-order chi connectivity index (χ1) is 18.0. The maximum Gasteiger partial charge on any atom is 0.150 e. The van der Waals surface area contributed by atoms with E-state index in [1.54, 1.807) is 0 Å². The summed E-state index contributed by atoms with van der Waals surface area (Å²) in [6.45, 7) is 23.0. The molecular formula is C31H50N6O. The lowest BCUT2D eigenvalue weighted by Gasteiger charge is -2.40. The molecule has 3 heterocycles. The molecule has 3 N–H and O–H groups in total. The topological polar surface area (TPSA) is 83.3 Å². The monoisotopic (exact) mass is 522 g/mol. The summed E-state index contributed by atoms with van der Waals surface area (Å²) in [5, 5.41) is 1.07. The van der Waals surface area contributed by atoms with E-state index in [0.717, 1.165) is 92.5 Å². The van der Waals surface area contributed by atoms with Crippen molar-refractivity contribution in [2.24, 2.45) is 16.7 Å². The number of nitrogens with zero attached hydrogens (tertiary/aromatic N) is 4. The first-order valence-electron chi connectivity index (χ1n) is 14.6. The van der Waals surface area contributed by atoms with Crippen molar-refractivity contribution >= 4 is 33.4 Å². The summed E-state index contributed by atoms with van der Waals surface area (Å²) in [7, 11) is 0. The Bertz CT molecular complexity index is 1210. The largest absolute Gasteiger partial charge is 0.382 e. The van der Waals surface area contributed by atoms with Crippen LogP contribution in [0.2, 0.25) is 0 Å². The molecule has 0 aliphatic carbocycles. The number of imidazole rings is 1. The van der Waals surface area contributed by atoms with Crippen molar-refractivity contribution in [3.8, 4) is 0 Å². The highest BCUT2D eigenvalue weighted by Crippen LogP contribution is 2.31. The Morgan fingerprint density at radius 1 is 1.03 bits per heavy atom. The van der Waals surface area contributed by atoms with Gasteiger partial charge in [-0.1, -0.05) is 54.9 Å². The first-order valence-corrected chi connectivity index (χ1v) is 14.6. The number of benzene rings is 1. The Balaban J connectivity index is 1.35. The van der Waals surface area contributed by atoms with E-state index in [2.05, 4.69) is 86.4 Å². The van der Waals surface area contributed by atoms with Gasteiger partial charge in [-0.15, -0.1) is 0 Å². The van der Waals surface area contributed by atoms with Crippen LogP contribution in [0.25, 0.3) is 21.9 Å². The second-order valence-electron chi connectivity index (χ2n) is 13.2. The van der Waals surface area contributed by atoms with Crippen molar-refractivity contribution in [3.05, 3.63) is 24.0 Å². The number of rotatable bonds is 12. The van der Waals surface area contributed by atoms with Gasteiger partial charge in [0, 0.05) is 55.6 Å². The summed E-state index contributed by atoms with van der Waals surface area (Å²) in [4.78, 5) is 18.0. The van der Waals surface area contributed by atoms with Gasteiger partial charge in [-0.25, -0.2) is 9.97 Å². The fraction of sp³-hybridized carbons (Fsp3) is 0.677. The molecule has 0 radical (unpaired) electrons. The molecule has 38 heavy (non-hydrogen) atoms. The summed E-state index contributed by atoms with van der Waals surface area (Å²) in [5.41, 5.74) is 10.5. The fourth-order valence-corrected chi connectivity index (χ4v) is 5.92. The van der Waals surface area contributed by atoms with E-state index in [-0.39, 0.29) is 10.8 Å². The molecule has 7 nitrogen and oxygen atoms in total. The highest BCUT2D eigenvalue weighted by Gasteiger charge is 2.27. The highest BCUT2D eigenvalue weighted by molar-refractivity contribution is 6.07. The zero-order valence-corrected chi connectivity index (χ0v) is 24.9. The molecule has 0 bridgehead atoms. The summed E-state index contributed by atoms with van der Waals surface area (Å²) >= 11 is 0. The van der Waals surface area contributed by atoms with Gasteiger partial charge >= 0.3 is 0 Å². The molecule has 210 valence electrons. The molecule has 1 fully saturated rings. The number of ether oxygens (including phenoxy) is 1. The summed E-state index contributed by atoms with van der Waals surface area (Å²) in [6.07, 6.45) is 4.41. The minimum atomic E-state index is 0.130. The Morgan fingerprint density at radius 3 is 2.42 bits per heavy atom. The van der Waals surface area contributed by atoms with Crippen molar-refractivity contribution in [1.29, 1.82) is 0 Å². The predicted octanol–water partition coefficient (Wildman–Crippen LogP) is 6.27. The molecule has 1 aliphatic heterocycles. The van der Waals surface area contributed by atoms with Crippen molar-refractivity contribution in [3.63, 3.8) is 0 Å². The Labute approximate surface area is 229 Å². The minimum absolute atomic E-state index is 0.130. The Hall–Kier alpha value is -2.38. The van der Waals surface area contributed by atoms with Crippen molar-refractivity contribution in [2.75, 3.05) is 56.6 Å². The third-order valence-corrected chi connectivity index (χ3v) is 7.94. The lowest BCUT2D eigenvalue weighted by atomic mass is 9.83. The summed E-state index contributed by atoms with van der Waals surface area (Å²) < 4.78 is 6.28. The van der Waals surface area contributed by atoms with Crippen LogP contribution in [-0.2, 0) is 11.2 Å². The van der Waals surface area contributed by atoms with Crippen molar-refractivity contribution in [1.82, 2.24) is 19.9 Å². The molecule has 1 unspecified atom stereocenters. The van der Waals surface area contributed by atoms with Crippen LogP contribution in [0, 0.1) is 16.7 Å². The number of aromatic nitrogens is 3. The minimum Gasteiger partial charge on any atom is -0.382 e. The fourth-order valence-electron chi connectivity index (χ4n) is 5.92. The van der Waals surface area contributed by atoms with Crippen LogP contribution in [0.4, 0.5) is 11.5 Å². The Kier molecular flexibility index (Phi) is 8.88. The molecule has 3 aromatic rings. The van der Waals surface area contributed by atoms with Gasteiger partial charge in [-0.2, -0.15) is 0 Å². The molecule has 1 aromatic carbocycles. The average Bonchev–Trinajstić information content (AvgIpc) is 3.29. The normalized spacial score (nSPS) is 16.6. The molecule has 2 aromatic heterocycles. The maximum atomic E-state index is 6.28. The number of nitrogens with two attached hydrogens (primary N) is 1. The molecule has 0 saturated carbocycles. The number of anilines is 2. The lowest BCUT2D eigenvalue weighted by Crippen LogP contribution is -2.49. The van der Waals surface area contributed by atoms with Gasteiger partial charge in [0.2, 0.25) is 0 Å². The number of piperazine rings is 1. The highest BCUT2D eigenvalue weighted by atomic mass is 16.5. The zero-order chi connectivity index (χ0) is 27.5. The van der Waals surface area contributed by atoms with Gasteiger partial charge in [-0.3, -0.25) is 4.90 Å². The smallest absolute Gasteiger partial charge is 0.150 e. The second kappa shape index (κ2) is 11.8. The van der Waals surface area contributed by atoms with E-state index >= 15 is 0 Å². The SMILES string of the molecule is CCCc1nc2c([nH]1)c(N)nc1ccc(N3CCN(CC(C)(C)COCC(C)(C)CC(C)CC)CC3)cc12. The summed E-state index contributed by atoms with van der Waals surface area (Å²) in [5.74, 6) is 2.25. The summed E-state index contributed by atoms with van der Waals surface area (Å²) in [6, 6.07) is 6.51. The number of aryl methyl sites for hydroxylation is 1. The van der Waals surface area contributed by atoms with Gasteiger partial charge in [0.15, 0.2) is 0 Å². The van der Waals surface area contributed by atoms with Crippen molar-refractivity contribution in [2.45, 2.75) is 74.1 Å². The number of aromatic amines is 1. The van der Waals surface area contributed by atoms with Crippen LogP contribution in [0.15, 0.2) is 18.2 Å². The lowest BCUT2D eigenvalue weighted by molar-refractivity contribution is -0.00459. The number of pyridine rings is 1. The molecule has 0 amide bonds. The van der Waals surface area contributed by atoms with Crippen molar-refractivity contribution < 1.29 is 4.74 Å². The molecule has 1 saturated heterocycles. The number of nitrogens with one attached hydrogen (secondary N) is 1. The van der Waals surface area contributed by atoms with Gasteiger partial charge < -0.3 is 20.4 Å². The third kappa shape index (κ3) is 6.97. The Morgan fingerprint density at radius 2 is 1.74 bits per heavy atom. The number of hydrogen-bond donors (Lipinski definition) is 2. The van der Waals surface area contributed by atoms with Gasteiger partial charge in [0.05, 0.1) is 18.7 Å². The maximum absolute atomic E-state index is 6.28. The molecule has 1 atom stereocenters. The van der Waals surface area contributed by atoms with E-state index < -0.39 is 0 Å². The quantitative estimate of drug-likeness (QED) is 0.292. The van der Waals surface area contributed by atoms with Gasteiger partial charge in [0.1, 0.15) is 22.7 Å². The zero-order valence-electron chi connectivity index (χ0n) is 24.9. The number of nitrogen functional groups attached to an aromatic ring is 1. The third-order valence-electron chi connectivity index (χ3n) is 7.94. The van der Waals surface area contributed by atoms with Gasteiger partial charge in [0.25, 0.3) is 0 Å². The van der Waals surface area contributed by atoms with E-state index in [1.807, 2.05) is 0 Å². The molecule has 4 rings (SSSR count). The van der Waals surface area contributed by atoms with E-state index in [0.29, 0.717) is 5.82 Å². The number of H-pyrrole nitrogens is 1. The average molecular weight is 523 g/mol. The van der Waals surface area contributed by atoms with Crippen LogP contribution in [0.1, 0.15) is 73.6 Å². The predicted molar refractivity (Wildman–Crippen MR) is 161 cm³/mol. The molecule has 7 heteroatoms. The number of hydrogen-bond acceptors (Lipinski definition) is 6. The van der Waals surface area contributed by atoms with Crippen LogP contribution in [0.5, 0.6) is 0 Å². The second-order valence-corrected chi connectivity index (χ2v) is 13.2. The van der Waals surface area contributed by atoms with Crippen LogP contribution in [0.3, 0.4) is 0 Å². The molecule has 1 aliphatic rings. The molecule has 0 spiro atoms. The first kappa shape index (κ1) is 28.6. The van der Waals surface area contributed by atoms with E-state index in [4.69, 9.17) is 15.5 Å². The van der Waals surface area contributed by atoms with Crippen LogP contribution in [-0.4, -0.2) is 65.8 Å². The van der Waals surface area contributed by atoms with E-state index in [9.17, 15) is 0 Å².